The van der Waals surface area contributed by atoms with E-state index in [0.29, 0.717) is 6.54 Å². The molecule has 1 saturated heterocycles. The van der Waals surface area contributed by atoms with E-state index in [9.17, 15) is 4.79 Å². The van der Waals surface area contributed by atoms with Crippen molar-refractivity contribution in [2.24, 2.45) is 5.41 Å². The third kappa shape index (κ3) is 2.39. The Morgan fingerprint density at radius 2 is 1.65 bits per heavy atom. The first-order chi connectivity index (χ1) is 9.67. The number of hydrazine groups is 1. The number of nitrogens with one attached hydrogen (secondary N) is 1. The van der Waals surface area contributed by atoms with Gasteiger partial charge < -0.3 is 0 Å². The molecule has 1 atom stereocenters. The average Bonchev–Trinajstić information content (AvgIpc) is 2.77. The minimum absolute atomic E-state index is 0.0882. The molecule has 0 aromatic heterocycles. The normalized spacial score (nSPS) is 21.9. The predicted molar refractivity (Wildman–Crippen MR) is 80.2 cm³/mol. The molecule has 1 amide bonds. The Morgan fingerprint density at radius 3 is 2.30 bits per heavy atom. The summed E-state index contributed by atoms with van der Waals surface area (Å²) < 4.78 is 0. The number of amides is 1. The van der Waals surface area contributed by atoms with Gasteiger partial charge in [-0.05, 0) is 31.0 Å². The molecule has 20 heavy (non-hydrogen) atoms. The monoisotopic (exact) mass is 266 g/mol. The number of carbonyl (C=O) groups is 1. The molecule has 1 heterocycles. The molecule has 3 heteroatoms. The maximum Gasteiger partial charge on any atom is 0.246 e. The molecule has 0 aliphatic carbocycles. The van der Waals surface area contributed by atoms with Crippen molar-refractivity contribution < 1.29 is 4.79 Å². The summed E-state index contributed by atoms with van der Waals surface area (Å²) in [6, 6.07) is 20.1. The van der Waals surface area contributed by atoms with Crippen LogP contribution in [0.25, 0.3) is 0 Å². The van der Waals surface area contributed by atoms with Crippen molar-refractivity contribution in [3.05, 3.63) is 66.2 Å². The number of nitrogens with zero attached hydrogens (tertiary/aromatic N) is 1. The van der Waals surface area contributed by atoms with E-state index in [0.717, 1.165) is 12.1 Å². The summed E-state index contributed by atoms with van der Waals surface area (Å²) in [5.41, 5.74) is 4.80. The quantitative estimate of drug-likeness (QED) is 0.926. The van der Waals surface area contributed by atoms with Crippen LogP contribution in [0.3, 0.4) is 0 Å². The first-order valence-corrected chi connectivity index (χ1v) is 6.85. The zero-order valence-corrected chi connectivity index (χ0v) is 11.5. The van der Waals surface area contributed by atoms with E-state index in [-0.39, 0.29) is 5.91 Å². The summed E-state index contributed by atoms with van der Waals surface area (Å²) >= 11 is 0. The Balaban J connectivity index is 1.79. The van der Waals surface area contributed by atoms with Gasteiger partial charge in [-0.3, -0.25) is 15.2 Å². The lowest BCUT2D eigenvalue weighted by molar-refractivity contribution is -0.126. The smallest absolute Gasteiger partial charge is 0.246 e. The van der Waals surface area contributed by atoms with Crippen LogP contribution in [0, 0.1) is 5.41 Å². The van der Waals surface area contributed by atoms with Gasteiger partial charge in [0, 0.05) is 0 Å². The van der Waals surface area contributed by atoms with Crippen LogP contribution in [-0.2, 0) is 11.2 Å². The highest BCUT2D eigenvalue weighted by Gasteiger charge is 2.42. The molecular weight excluding hydrogens is 248 g/mol. The number of hydrogen-bond acceptors (Lipinski definition) is 2. The van der Waals surface area contributed by atoms with Crippen molar-refractivity contribution in [3.8, 4) is 0 Å². The number of hydrogen-bond donors (Lipinski definition) is 1. The second-order valence-electron chi connectivity index (χ2n) is 5.59. The van der Waals surface area contributed by atoms with E-state index < -0.39 is 5.41 Å². The Bertz CT molecular complexity index is 597. The number of anilines is 1. The maximum atomic E-state index is 12.3. The fraction of sp³-hybridized carbons (Fsp3) is 0.235. The van der Waals surface area contributed by atoms with Crippen molar-refractivity contribution in [2.45, 2.75) is 13.3 Å². The largest absolute Gasteiger partial charge is 0.284 e. The van der Waals surface area contributed by atoms with Crippen LogP contribution in [0.1, 0.15) is 12.5 Å². The third-order valence-electron chi connectivity index (χ3n) is 3.80. The van der Waals surface area contributed by atoms with Crippen molar-refractivity contribution in [1.29, 1.82) is 0 Å². The van der Waals surface area contributed by atoms with Gasteiger partial charge in [-0.25, -0.2) is 0 Å². The van der Waals surface area contributed by atoms with Gasteiger partial charge in [-0.1, -0.05) is 48.5 Å². The van der Waals surface area contributed by atoms with Crippen molar-refractivity contribution in [1.82, 2.24) is 5.43 Å². The summed E-state index contributed by atoms with van der Waals surface area (Å²) in [5, 5.41) is 1.94. The molecule has 2 aromatic rings. The first-order valence-electron chi connectivity index (χ1n) is 6.85. The Labute approximate surface area is 119 Å². The fourth-order valence-corrected chi connectivity index (χ4v) is 2.66. The number of para-hydroxylation sites is 1. The molecule has 1 fully saturated rings. The molecule has 0 bridgehead atoms. The molecule has 3 rings (SSSR count). The molecular formula is C17H18N2O. The van der Waals surface area contributed by atoms with Gasteiger partial charge in [-0.2, -0.15) is 0 Å². The second-order valence-corrected chi connectivity index (χ2v) is 5.59. The lowest BCUT2D eigenvalue weighted by Gasteiger charge is -2.21. The highest BCUT2D eigenvalue weighted by Crippen LogP contribution is 2.30. The molecule has 102 valence electrons. The van der Waals surface area contributed by atoms with E-state index >= 15 is 0 Å². The number of benzene rings is 2. The summed E-state index contributed by atoms with van der Waals surface area (Å²) in [4.78, 5) is 12.3. The number of carbonyl (C=O) groups excluding carboxylic acids is 1. The van der Waals surface area contributed by atoms with Crippen molar-refractivity contribution >= 4 is 11.6 Å². The van der Waals surface area contributed by atoms with Gasteiger partial charge >= 0.3 is 0 Å². The van der Waals surface area contributed by atoms with Crippen LogP contribution in [-0.4, -0.2) is 12.5 Å². The molecule has 0 spiro atoms. The van der Waals surface area contributed by atoms with Gasteiger partial charge in [0.15, 0.2) is 0 Å². The summed E-state index contributed by atoms with van der Waals surface area (Å²) in [6.45, 7) is 2.71. The Kier molecular flexibility index (Phi) is 3.18. The summed E-state index contributed by atoms with van der Waals surface area (Å²) in [6.07, 6.45) is 0.753. The van der Waals surface area contributed by atoms with Gasteiger partial charge in [0.1, 0.15) is 0 Å². The molecule has 1 aliphatic rings. The zero-order chi connectivity index (χ0) is 14.0. The highest BCUT2D eigenvalue weighted by molar-refractivity contribution is 5.87. The standard InChI is InChI=1S/C17H18N2O/c1-17(12-14-8-4-2-5-9-14)13-19(18-16(17)20)15-10-6-3-7-11-15/h2-11H,12-13H2,1H3,(H,18,20). The van der Waals surface area contributed by atoms with Crippen LogP contribution in [0.2, 0.25) is 0 Å². The van der Waals surface area contributed by atoms with E-state index in [1.165, 1.54) is 5.56 Å². The van der Waals surface area contributed by atoms with Gasteiger partial charge in [0.2, 0.25) is 5.91 Å². The van der Waals surface area contributed by atoms with E-state index in [2.05, 4.69) is 17.6 Å². The molecule has 1 N–H and O–H groups in total. The van der Waals surface area contributed by atoms with E-state index in [1.54, 1.807) is 0 Å². The van der Waals surface area contributed by atoms with E-state index in [1.807, 2.05) is 60.5 Å². The van der Waals surface area contributed by atoms with Gasteiger partial charge in [0.05, 0.1) is 17.6 Å². The number of rotatable bonds is 3. The summed E-state index contributed by atoms with van der Waals surface area (Å²) in [5.74, 6) is 0.0882. The van der Waals surface area contributed by atoms with Crippen molar-refractivity contribution in [3.63, 3.8) is 0 Å². The maximum absolute atomic E-state index is 12.3. The minimum Gasteiger partial charge on any atom is -0.284 e. The molecule has 1 unspecified atom stereocenters. The second kappa shape index (κ2) is 5.00. The van der Waals surface area contributed by atoms with Crippen LogP contribution < -0.4 is 10.4 Å². The zero-order valence-electron chi connectivity index (χ0n) is 11.5. The first kappa shape index (κ1) is 12.7. The lowest BCUT2D eigenvalue weighted by Crippen LogP contribution is -2.33. The predicted octanol–water partition coefficient (Wildman–Crippen LogP) is 2.79. The van der Waals surface area contributed by atoms with Crippen molar-refractivity contribution in [2.75, 3.05) is 11.6 Å². The Hall–Kier alpha value is -2.29. The topological polar surface area (TPSA) is 32.3 Å². The molecule has 0 saturated carbocycles. The van der Waals surface area contributed by atoms with Crippen LogP contribution in [0.15, 0.2) is 60.7 Å². The third-order valence-corrected chi connectivity index (χ3v) is 3.80. The van der Waals surface area contributed by atoms with Gasteiger partial charge in [0.25, 0.3) is 0 Å². The SMILES string of the molecule is CC1(Cc2ccccc2)CN(c2ccccc2)NC1=O. The molecule has 1 aliphatic heterocycles. The fourth-order valence-electron chi connectivity index (χ4n) is 2.66. The van der Waals surface area contributed by atoms with E-state index in [4.69, 9.17) is 0 Å². The summed E-state index contributed by atoms with van der Waals surface area (Å²) in [7, 11) is 0. The van der Waals surface area contributed by atoms with Gasteiger partial charge in [-0.15, -0.1) is 0 Å². The van der Waals surface area contributed by atoms with Crippen LogP contribution >= 0.6 is 0 Å². The van der Waals surface area contributed by atoms with Crippen LogP contribution in [0.5, 0.6) is 0 Å². The molecule has 2 aromatic carbocycles. The Morgan fingerprint density at radius 1 is 1.05 bits per heavy atom. The minimum atomic E-state index is -0.392. The molecule has 3 nitrogen and oxygen atoms in total. The lowest BCUT2D eigenvalue weighted by atomic mass is 9.84. The molecule has 0 radical (unpaired) electrons. The van der Waals surface area contributed by atoms with Crippen LogP contribution in [0.4, 0.5) is 5.69 Å². The highest BCUT2D eigenvalue weighted by atomic mass is 16.2. The average molecular weight is 266 g/mol.